The lowest BCUT2D eigenvalue weighted by molar-refractivity contribution is -0.132. The summed E-state index contributed by atoms with van der Waals surface area (Å²) < 4.78 is 0. The Balaban J connectivity index is 2.88. The molecule has 0 aromatic heterocycles. The molecule has 5 heteroatoms. The van der Waals surface area contributed by atoms with Crippen LogP contribution in [0, 0.1) is 11.3 Å². The number of nitrogens with zero attached hydrogens (tertiary/aromatic N) is 2. The van der Waals surface area contributed by atoms with Gasteiger partial charge in [0.15, 0.2) is 0 Å². The van der Waals surface area contributed by atoms with Crippen molar-refractivity contribution >= 4 is 5.91 Å². The second-order valence-corrected chi connectivity index (χ2v) is 3.75. The Morgan fingerprint density at radius 2 is 1.78 bits per heavy atom. The predicted octanol–water partition coefficient (Wildman–Crippen LogP) is 0.107. The van der Waals surface area contributed by atoms with E-state index < -0.39 is 11.8 Å². The van der Waals surface area contributed by atoms with Crippen molar-refractivity contribution in [3.63, 3.8) is 0 Å². The highest BCUT2D eigenvalue weighted by Crippen LogP contribution is 2.17. The highest BCUT2D eigenvalue weighted by molar-refractivity contribution is 5.86. The van der Waals surface area contributed by atoms with Crippen LogP contribution in [0.4, 0.5) is 0 Å². The first-order valence-electron chi connectivity index (χ1n) is 5.69. The summed E-state index contributed by atoms with van der Waals surface area (Å²) in [6, 6.07) is 10.7. The van der Waals surface area contributed by atoms with Crippen molar-refractivity contribution < 1.29 is 15.0 Å². The average Bonchev–Trinajstić information content (AvgIpc) is 2.40. The van der Waals surface area contributed by atoms with Crippen LogP contribution in [0.3, 0.4) is 0 Å². The van der Waals surface area contributed by atoms with Crippen LogP contribution in [-0.2, 0) is 4.79 Å². The third kappa shape index (κ3) is 3.55. The van der Waals surface area contributed by atoms with E-state index in [4.69, 9.17) is 15.5 Å². The molecule has 0 aliphatic heterocycles. The Labute approximate surface area is 106 Å². The van der Waals surface area contributed by atoms with Gasteiger partial charge in [-0.1, -0.05) is 30.3 Å². The molecule has 1 unspecified atom stereocenters. The second kappa shape index (κ2) is 7.43. The van der Waals surface area contributed by atoms with E-state index in [1.807, 2.05) is 12.1 Å². The van der Waals surface area contributed by atoms with Crippen molar-refractivity contribution in [1.29, 1.82) is 5.26 Å². The van der Waals surface area contributed by atoms with Crippen molar-refractivity contribution in [2.75, 3.05) is 26.3 Å². The van der Waals surface area contributed by atoms with Gasteiger partial charge in [0.25, 0.3) is 0 Å². The maximum Gasteiger partial charge on any atom is 0.244 e. The Hall–Kier alpha value is -1.90. The van der Waals surface area contributed by atoms with E-state index in [-0.39, 0.29) is 26.3 Å². The first kappa shape index (κ1) is 14.2. The summed E-state index contributed by atoms with van der Waals surface area (Å²) in [6.07, 6.45) is 0. The largest absolute Gasteiger partial charge is 0.395 e. The van der Waals surface area contributed by atoms with Crippen LogP contribution in [0.25, 0.3) is 0 Å². The minimum Gasteiger partial charge on any atom is -0.395 e. The van der Waals surface area contributed by atoms with E-state index in [0.717, 1.165) is 0 Å². The average molecular weight is 248 g/mol. The first-order valence-corrected chi connectivity index (χ1v) is 5.69. The molecular formula is C13H16N2O3. The summed E-state index contributed by atoms with van der Waals surface area (Å²) >= 11 is 0. The fourth-order valence-corrected chi connectivity index (χ4v) is 1.67. The van der Waals surface area contributed by atoms with Gasteiger partial charge in [0.1, 0.15) is 5.92 Å². The molecule has 1 amide bonds. The van der Waals surface area contributed by atoms with Gasteiger partial charge in [-0.3, -0.25) is 4.79 Å². The van der Waals surface area contributed by atoms with Gasteiger partial charge in [-0.25, -0.2) is 0 Å². The smallest absolute Gasteiger partial charge is 0.244 e. The number of amides is 1. The van der Waals surface area contributed by atoms with Gasteiger partial charge in [-0.15, -0.1) is 0 Å². The lowest BCUT2D eigenvalue weighted by Gasteiger charge is -2.23. The number of hydrogen-bond donors (Lipinski definition) is 2. The molecule has 1 atom stereocenters. The topological polar surface area (TPSA) is 84.6 Å². The van der Waals surface area contributed by atoms with Gasteiger partial charge < -0.3 is 15.1 Å². The molecule has 18 heavy (non-hydrogen) atoms. The molecule has 0 heterocycles. The van der Waals surface area contributed by atoms with Crippen molar-refractivity contribution in [3.8, 4) is 6.07 Å². The van der Waals surface area contributed by atoms with E-state index in [9.17, 15) is 4.79 Å². The number of hydrogen-bond acceptors (Lipinski definition) is 4. The van der Waals surface area contributed by atoms with Crippen molar-refractivity contribution in [3.05, 3.63) is 35.9 Å². The van der Waals surface area contributed by atoms with Crippen LogP contribution < -0.4 is 0 Å². The van der Waals surface area contributed by atoms with Gasteiger partial charge >= 0.3 is 0 Å². The van der Waals surface area contributed by atoms with Gasteiger partial charge in [0.05, 0.1) is 19.3 Å². The summed E-state index contributed by atoms with van der Waals surface area (Å²) in [4.78, 5) is 13.4. The molecule has 1 rings (SSSR count). The highest BCUT2D eigenvalue weighted by Gasteiger charge is 2.24. The van der Waals surface area contributed by atoms with Crippen LogP contribution in [0.15, 0.2) is 30.3 Å². The SMILES string of the molecule is N#CC(C(=O)N(CCO)CCO)c1ccccc1. The lowest BCUT2D eigenvalue weighted by Crippen LogP contribution is -2.38. The maximum atomic E-state index is 12.1. The Morgan fingerprint density at radius 1 is 1.22 bits per heavy atom. The van der Waals surface area contributed by atoms with Crippen molar-refractivity contribution in [1.82, 2.24) is 4.90 Å². The minimum atomic E-state index is -0.899. The molecular weight excluding hydrogens is 232 g/mol. The molecule has 96 valence electrons. The van der Waals surface area contributed by atoms with E-state index in [2.05, 4.69) is 0 Å². The van der Waals surface area contributed by atoms with Gasteiger partial charge in [-0.05, 0) is 5.56 Å². The zero-order chi connectivity index (χ0) is 13.4. The molecule has 0 fully saturated rings. The van der Waals surface area contributed by atoms with E-state index in [0.29, 0.717) is 5.56 Å². The molecule has 0 aliphatic rings. The molecule has 0 spiro atoms. The van der Waals surface area contributed by atoms with Gasteiger partial charge in [0, 0.05) is 13.1 Å². The summed E-state index contributed by atoms with van der Waals surface area (Å²) in [5.74, 6) is -1.30. The first-order chi connectivity index (χ1) is 8.74. The maximum absolute atomic E-state index is 12.1. The Morgan fingerprint density at radius 3 is 2.22 bits per heavy atom. The molecule has 2 N–H and O–H groups in total. The monoisotopic (exact) mass is 248 g/mol. The molecule has 0 aliphatic carbocycles. The lowest BCUT2D eigenvalue weighted by atomic mass is 9.99. The van der Waals surface area contributed by atoms with Gasteiger partial charge in [-0.2, -0.15) is 5.26 Å². The number of carbonyl (C=O) groups is 1. The number of rotatable bonds is 6. The number of carbonyl (C=O) groups excluding carboxylic acids is 1. The van der Waals surface area contributed by atoms with Crippen molar-refractivity contribution in [2.45, 2.75) is 5.92 Å². The van der Waals surface area contributed by atoms with Crippen LogP contribution in [0.5, 0.6) is 0 Å². The number of nitriles is 1. The third-order valence-electron chi connectivity index (χ3n) is 2.56. The summed E-state index contributed by atoms with van der Waals surface area (Å²) in [7, 11) is 0. The fourth-order valence-electron chi connectivity index (χ4n) is 1.67. The van der Waals surface area contributed by atoms with Gasteiger partial charge in [0.2, 0.25) is 5.91 Å². The second-order valence-electron chi connectivity index (χ2n) is 3.75. The Kier molecular flexibility index (Phi) is 5.85. The predicted molar refractivity (Wildman–Crippen MR) is 65.5 cm³/mol. The molecule has 5 nitrogen and oxygen atoms in total. The minimum absolute atomic E-state index is 0.115. The number of aliphatic hydroxyl groups is 2. The molecule has 0 radical (unpaired) electrons. The Bertz CT molecular complexity index is 408. The fraction of sp³-hybridized carbons (Fsp3) is 0.385. The summed E-state index contributed by atoms with van der Waals surface area (Å²) in [6.45, 7) is -0.161. The van der Waals surface area contributed by atoms with E-state index >= 15 is 0 Å². The van der Waals surface area contributed by atoms with Crippen LogP contribution >= 0.6 is 0 Å². The quantitative estimate of drug-likeness (QED) is 0.748. The zero-order valence-electron chi connectivity index (χ0n) is 9.99. The number of benzene rings is 1. The normalized spacial score (nSPS) is 11.6. The van der Waals surface area contributed by atoms with Crippen molar-refractivity contribution in [2.24, 2.45) is 0 Å². The van der Waals surface area contributed by atoms with E-state index in [1.54, 1.807) is 24.3 Å². The standard InChI is InChI=1S/C13H16N2O3/c14-10-12(11-4-2-1-3-5-11)13(18)15(6-8-16)7-9-17/h1-5,12,16-17H,6-9H2. The third-order valence-corrected chi connectivity index (χ3v) is 2.56. The van der Waals surface area contributed by atoms with Crippen LogP contribution in [-0.4, -0.2) is 47.3 Å². The molecule has 1 aromatic rings. The number of aliphatic hydroxyl groups excluding tert-OH is 2. The van der Waals surface area contributed by atoms with Crippen LogP contribution in [0.1, 0.15) is 11.5 Å². The van der Waals surface area contributed by atoms with Crippen LogP contribution in [0.2, 0.25) is 0 Å². The molecule has 1 aromatic carbocycles. The summed E-state index contributed by atoms with van der Waals surface area (Å²) in [5, 5.41) is 26.9. The summed E-state index contributed by atoms with van der Waals surface area (Å²) in [5.41, 5.74) is 0.617. The highest BCUT2D eigenvalue weighted by atomic mass is 16.3. The molecule has 0 saturated carbocycles. The van der Waals surface area contributed by atoms with E-state index in [1.165, 1.54) is 4.90 Å². The zero-order valence-corrected chi connectivity index (χ0v) is 9.99. The molecule has 0 bridgehead atoms. The molecule has 0 saturated heterocycles.